The number of rotatable bonds is 4. The summed E-state index contributed by atoms with van der Waals surface area (Å²) in [5.74, 6) is 0.727. The number of allylic oxidation sites excluding steroid dienone is 1. The Labute approximate surface area is 119 Å². The molecule has 1 fully saturated rings. The maximum absolute atomic E-state index is 10.7. The predicted octanol–water partition coefficient (Wildman–Crippen LogP) is 2.53. The third kappa shape index (κ3) is 2.62. The summed E-state index contributed by atoms with van der Waals surface area (Å²) in [6, 6.07) is 0. The third-order valence-electron chi connectivity index (χ3n) is 4.23. The van der Waals surface area contributed by atoms with E-state index in [2.05, 4.69) is 19.4 Å². The van der Waals surface area contributed by atoms with Crippen molar-refractivity contribution in [2.45, 2.75) is 23.7 Å². The molecule has 1 saturated heterocycles. The van der Waals surface area contributed by atoms with Crippen molar-refractivity contribution in [3.8, 4) is 0 Å². The standard InChI is InChI=1S/C15H22O3S/c1-4-11-13(5-2)18-10-12(14(11)16)15(19-3)6-8-17-9-7-15/h4-5,12,14,16H,1-2,6-10H2,3H3. The lowest BCUT2D eigenvalue weighted by atomic mass is 9.78. The minimum absolute atomic E-state index is 0.0264. The van der Waals surface area contributed by atoms with Crippen LogP contribution in [0.25, 0.3) is 0 Å². The summed E-state index contributed by atoms with van der Waals surface area (Å²) in [4.78, 5) is 0. The van der Waals surface area contributed by atoms with Gasteiger partial charge in [-0.25, -0.2) is 0 Å². The molecule has 4 heteroatoms. The van der Waals surface area contributed by atoms with Crippen LogP contribution in [0.5, 0.6) is 0 Å². The highest BCUT2D eigenvalue weighted by Gasteiger charge is 2.46. The molecule has 0 aromatic rings. The molecule has 1 N–H and O–H groups in total. The molecule has 2 heterocycles. The van der Waals surface area contributed by atoms with E-state index in [-0.39, 0.29) is 10.7 Å². The number of aliphatic hydroxyl groups excluding tert-OH is 1. The Morgan fingerprint density at radius 3 is 2.53 bits per heavy atom. The molecule has 0 amide bonds. The SMILES string of the molecule is C=CC1=C(C=C)C(O)C(C2(SC)CCOCC2)CO1. The van der Waals surface area contributed by atoms with E-state index in [4.69, 9.17) is 9.47 Å². The molecule has 2 unspecified atom stereocenters. The average Bonchev–Trinajstić information content (AvgIpc) is 2.47. The van der Waals surface area contributed by atoms with Crippen LogP contribution in [0.2, 0.25) is 0 Å². The molecule has 3 nitrogen and oxygen atoms in total. The predicted molar refractivity (Wildman–Crippen MR) is 79.2 cm³/mol. The van der Waals surface area contributed by atoms with E-state index < -0.39 is 6.10 Å². The van der Waals surface area contributed by atoms with Crippen LogP contribution < -0.4 is 0 Å². The monoisotopic (exact) mass is 282 g/mol. The average molecular weight is 282 g/mol. The largest absolute Gasteiger partial charge is 0.493 e. The zero-order valence-corrected chi connectivity index (χ0v) is 12.2. The molecule has 0 saturated carbocycles. The first kappa shape index (κ1) is 14.7. The molecule has 2 rings (SSSR count). The van der Waals surface area contributed by atoms with Crippen molar-refractivity contribution in [3.05, 3.63) is 36.6 Å². The Balaban J connectivity index is 2.28. The van der Waals surface area contributed by atoms with Crippen molar-refractivity contribution in [2.24, 2.45) is 5.92 Å². The van der Waals surface area contributed by atoms with E-state index in [1.807, 2.05) is 11.8 Å². The third-order valence-corrected chi connectivity index (χ3v) is 5.75. The number of hydrogen-bond donors (Lipinski definition) is 1. The smallest absolute Gasteiger partial charge is 0.124 e. The summed E-state index contributed by atoms with van der Waals surface area (Å²) in [6.45, 7) is 9.55. The van der Waals surface area contributed by atoms with Gasteiger partial charge in [-0.05, 0) is 25.2 Å². The van der Waals surface area contributed by atoms with E-state index in [1.165, 1.54) is 0 Å². The number of thioether (sulfide) groups is 1. The van der Waals surface area contributed by atoms with Crippen LogP contribution in [-0.2, 0) is 9.47 Å². The van der Waals surface area contributed by atoms with Gasteiger partial charge in [0.1, 0.15) is 5.76 Å². The molecule has 0 bridgehead atoms. The molecule has 0 aromatic heterocycles. The molecule has 0 aliphatic carbocycles. The first-order valence-corrected chi connectivity index (χ1v) is 7.84. The molecule has 2 aliphatic rings. The molecular weight excluding hydrogens is 260 g/mol. The molecule has 0 spiro atoms. The Morgan fingerprint density at radius 2 is 2.00 bits per heavy atom. The topological polar surface area (TPSA) is 38.7 Å². The van der Waals surface area contributed by atoms with Gasteiger partial charge < -0.3 is 14.6 Å². The number of hydrogen-bond acceptors (Lipinski definition) is 4. The van der Waals surface area contributed by atoms with Gasteiger partial charge in [-0.3, -0.25) is 0 Å². The molecule has 19 heavy (non-hydrogen) atoms. The molecule has 0 radical (unpaired) electrons. The first-order valence-electron chi connectivity index (χ1n) is 6.61. The van der Waals surface area contributed by atoms with Crippen LogP contribution in [0.3, 0.4) is 0 Å². The minimum Gasteiger partial charge on any atom is -0.493 e. The molecule has 2 aliphatic heterocycles. The van der Waals surface area contributed by atoms with Crippen LogP contribution in [0.4, 0.5) is 0 Å². The summed E-state index contributed by atoms with van der Waals surface area (Å²) in [6.07, 6.45) is 6.80. The Hall–Kier alpha value is -0.710. The molecular formula is C15H22O3S. The summed E-state index contributed by atoms with van der Waals surface area (Å²) in [5.41, 5.74) is 0.756. The van der Waals surface area contributed by atoms with Gasteiger partial charge in [0, 0.05) is 29.5 Å². The number of ether oxygens (including phenoxy) is 2. The maximum atomic E-state index is 10.7. The van der Waals surface area contributed by atoms with Crippen molar-refractivity contribution >= 4 is 11.8 Å². The second-order valence-electron chi connectivity index (χ2n) is 4.97. The molecule has 0 aromatic carbocycles. The van der Waals surface area contributed by atoms with Gasteiger partial charge in [0.25, 0.3) is 0 Å². The fourth-order valence-electron chi connectivity index (χ4n) is 3.00. The van der Waals surface area contributed by atoms with Crippen LogP contribution in [0, 0.1) is 5.92 Å². The molecule has 106 valence electrons. The van der Waals surface area contributed by atoms with Crippen LogP contribution in [0.15, 0.2) is 36.6 Å². The van der Waals surface area contributed by atoms with Crippen molar-refractivity contribution < 1.29 is 14.6 Å². The Bertz CT molecular complexity index is 383. The van der Waals surface area contributed by atoms with Gasteiger partial charge in [0.2, 0.25) is 0 Å². The van der Waals surface area contributed by atoms with E-state index in [1.54, 1.807) is 12.2 Å². The fourth-order valence-corrected chi connectivity index (χ4v) is 4.07. The number of aliphatic hydroxyl groups is 1. The van der Waals surface area contributed by atoms with Crippen molar-refractivity contribution in [1.82, 2.24) is 0 Å². The van der Waals surface area contributed by atoms with Gasteiger partial charge >= 0.3 is 0 Å². The van der Waals surface area contributed by atoms with Gasteiger partial charge in [-0.2, -0.15) is 11.8 Å². The summed E-state index contributed by atoms with van der Waals surface area (Å²) >= 11 is 1.82. The van der Waals surface area contributed by atoms with Crippen molar-refractivity contribution in [2.75, 3.05) is 26.1 Å². The summed E-state index contributed by atoms with van der Waals surface area (Å²) in [5, 5.41) is 10.7. The Morgan fingerprint density at radius 1 is 1.32 bits per heavy atom. The van der Waals surface area contributed by atoms with Gasteiger partial charge in [0.15, 0.2) is 0 Å². The van der Waals surface area contributed by atoms with Crippen LogP contribution >= 0.6 is 11.8 Å². The van der Waals surface area contributed by atoms with Crippen molar-refractivity contribution in [1.29, 1.82) is 0 Å². The highest BCUT2D eigenvalue weighted by molar-refractivity contribution is 8.00. The Kier molecular flexibility index (Phi) is 4.76. The second-order valence-corrected chi connectivity index (χ2v) is 6.19. The zero-order valence-electron chi connectivity index (χ0n) is 11.4. The highest BCUT2D eigenvalue weighted by atomic mass is 32.2. The van der Waals surface area contributed by atoms with Gasteiger partial charge in [-0.15, -0.1) is 0 Å². The van der Waals surface area contributed by atoms with E-state index in [0.29, 0.717) is 12.4 Å². The highest BCUT2D eigenvalue weighted by Crippen LogP contribution is 2.45. The summed E-state index contributed by atoms with van der Waals surface area (Å²) < 4.78 is 11.3. The normalized spacial score (nSPS) is 30.6. The van der Waals surface area contributed by atoms with Gasteiger partial charge in [0.05, 0.1) is 12.7 Å². The quantitative estimate of drug-likeness (QED) is 0.860. The molecule has 2 atom stereocenters. The lowest BCUT2D eigenvalue weighted by Gasteiger charge is -2.46. The maximum Gasteiger partial charge on any atom is 0.124 e. The second kappa shape index (κ2) is 6.16. The van der Waals surface area contributed by atoms with E-state index >= 15 is 0 Å². The lowest BCUT2D eigenvalue weighted by Crippen LogP contribution is -2.49. The minimum atomic E-state index is -0.537. The van der Waals surface area contributed by atoms with Crippen LogP contribution in [0.1, 0.15) is 12.8 Å². The van der Waals surface area contributed by atoms with E-state index in [9.17, 15) is 5.11 Å². The fraction of sp³-hybridized carbons (Fsp3) is 0.600. The van der Waals surface area contributed by atoms with Crippen molar-refractivity contribution in [3.63, 3.8) is 0 Å². The lowest BCUT2D eigenvalue weighted by molar-refractivity contribution is -0.00862. The van der Waals surface area contributed by atoms with Gasteiger partial charge in [-0.1, -0.05) is 19.2 Å². The van der Waals surface area contributed by atoms with Crippen LogP contribution in [-0.4, -0.2) is 42.0 Å². The zero-order chi connectivity index (χ0) is 13.9. The first-order chi connectivity index (χ1) is 9.18. The van der Waals surface area contributed by atoms with E-state index in [0.717, 1.165) is 31.6 Å². The summed E-state index contributed by atoms with van der Waals surface area (Å²) in [7, 11) is 0.